The Morgan fingerprint density at radius 3 is 2.89 bits per heavy atom. The summed E-state index contributed by atoms with van der Waals surface area (Å²) >= 11 is 10.2. The van der Waals surface area contributed by atoms with E-state index in [4.69, 9.17) is 16.6 Å². The van der Waals surface area contributed by atoms with Crippen LogP contribution in [0.1, 0.15) is 32.6 Å². The van der Waals surface area contributed by atoms with E-state index in [9.17, 15) is 0 Å². The molecule has 6 heteroatoms. The van der Waals surface area contributed by atoms with E-state index < -0.39 is 0 Å². The molecule has 2 rings (SSSR count). The highest BCUT2D eigenvalue weighted by Crippen LogP contribution is 2.30. The maximum absolute atomic E-state index is 5.53. The normalized spacial score (nSPS) is 11.0. The Hall–Kier alpha value is -0.460. The van der Waals surface area contributed by atoms with Crippen molar-refractivity contribution in [3.05, 3.63) is 20.8 Å². The van der Waals surface area contributed by atoms with Gasteiger partial charge in [-0.25, -0.2) is 4.68 Å². The number of hydrogen-bond acceptors (Lipinski definition) is 4. The number of aromatic nitrogens is 2. The first-order chi connectivity index (χ1) is 8.70. The lowest BCUT2D eigenvalue weighted by Gasteiger charge is -1.98. The second-order valence-corrected chi connectivity index (χ2v) is 6.87. The van der Waals surface area contributed by atoms with Crippen molar-refractivity contribution in [2.24, 2.45) is 0 Å². The Kier molecular flexibility index (Phi) is 5.14. The lowest BCUT2D eigenvalue weighted by molar-refractivity contribution is 0.489. The summed E-state index contributed by atoms with van der Waals surface area (Å²) in [6, 6.07) is 3.97. The summed E-state index contributed by atoms with van der Waals surface area (Å²) < 4.78 is 8.38. The van der Waals surface area contributed by atoms with E-state index in [1.807, 2.05) is 12.1 Å². The largest absolute Gasteiger partial charge is 0.408 e. The minimum absolute atomic E-state index is 0.464. The Morgan fingerprint density at radius 1 is 1.39 bits per heavy atom. The van der Waals surface area contributed by atoms with Crippen molar-refractivity contribution in [2.45, 2.75) is 39.2 Å². The van der Waals surface area contributed by atoms with Crippen LogP contribution in [0.2, 0.25) is 0 Å². The van der Waals surface area contributed by atoms with Crippen molar-refractivity contribution in [3.63, 3.8) is 0 Å². The second kappa shape index (κ2) is 6.63. The molecule has 0 fully saturated rings. The molecule has 0 saturated heterocycles. The van der Waals surface area contributed by atoms with Gasteiger partial charge in [0, 0.05) is 6.54 Å². The van der Waals surface area contributed by atoms with Crippen molar-refractivity contribution in [3.8, 4) is 10.8 Å². The molecule has 0 bridgehead atoms. The van der Waals surface area contributed by atoms with Crippen LogP contribution in [-0.2, 0) is 6.54 Å². The third-order valence-corrected chi connectivity index (χ3v) is 4.52. The zero-order chi connectivity index (χ0) is 13.0. The summed E-state index contributed by atoms with van der Waals surface area (Å²) in [4.78, 5) is 1.46. The van der Waals surface area contributed by atoms with Crippen molar-refractivity contribution >= 4 is 39.5 Å². The molecule has 0 aromatic carbocycles. The van der Waals surface area contributed by atoms with Crippen LogP contribution in [0.25, 0.3) is 10.8 Å². The fourth-order valence-electron chi connectivity index (χ4n) is 1.66. The minimum Gasteiger partial charge on any atom is -0.408 e. The van der Waals surface area contributed by atoms with Gasteiger partial charge in [0.25, 0.3) is 10.7 Å². The van der Waals surface area contributed by atoms with Crippen molar-refractivity contribution in [1.82, 2.24) is 9.78 Å². The monoisotopic (exact) mass is 346 g/mol. The van der Waals surface area contributed by atoms with E-state index in [1.165, 1.54) is 19.3 Å². The predicted molar refractivity (Wildman–Crippen MR) is 80.5 cm³/mol. The van der Waals surface area contributed by atoms with Gasteiger partial charge in [0.05, 0.1) is 8.66 Å². The number of aryl methyl sites for hydroxylation is 1. The van der Waals surface area contributed by atoms with Crippen molar-refractivity contribution in [2.75, 3.05) is 0 Å². The maximum atomic E-state index is 5.53. The number of nitrogens with zero attached hydrogens (tertiary/aromatic N) is 2. The molecule has 0 aliphatic carbocycles. The minimum atomic E-state index is 0.464. The zero-order valence-electron chi connectivity index (χ0n) is 10.2. The van der Waals surface area contributed by atoms with Crippen LogP contribution in [-0.4, -0.2) is 9.78 Å². The van der Waals surface area contributed by atoms with Gasteiger partial charge in [-0.15, -0.1) is 16.4 Å². The summed E-state index contributed by atoms with van der Waals surface area (Å²) in [6.07, 6.45) is 4.81. The molecule has 0 atom stereocenters. The van der Waals surface area contributed by atoms with Gasteiger partial charge in [0.1, 0.15) is 0 Å². The van der Waals surface area contributed by atoms with Gasteiger partial charge in [-0.2, -0.15) is 0 Å². The highest BCUT2D eigenvalue weighted by molar-refractivity contribution is 9.11. The summed E-state index contributed by atoms with van der Waals surface area (Å²) in [5.41, 5.74) is 0. The standard InChI is InChI=1S/C12H15BrN2OS2/c1-2-3-4-5-8-15-12(17)16-11(14-15)9-6-7-10(13)18-9/h6-7H,2-5,8H2,1H3. The summed E-state index contributed by atoms with van der Waals surface area (Å²) in [6.45, 7) is 3.05. The van der Waals surface area contributed by atoms with Crippen LogP contribution in [0.3, 0.4) is 0 Å². The van der Waals surface area contributed by atoms with Crippen molar-refractivity contribution in [1.29, 1.82) is 0 Å². The molecule has 0 unspecified atom stereocenters. The topological polar surface area (TPSA) is 31.0 Å². The summed E-state index contributed by atoms with van der Waals surface area (Å²) in [5.74, 6) is 0.617. The molecule has 0 saturated carbocycles. The lowest BCUT2D eigenvalue weighted by atomic mass is 10.2. The SMILES string of the molecule is CCCCCCn1nc(-c2ccc(Br)s2)oc1=S. The first kappa shape index (κ1) is 14.0. The molecule has 0 radical (unpaired) electrons. The summed E-state index contributed by atoms with van der Waals surface area (Å²) in [5, 5.41) is 4.43. The Labute approximate surface area is 124 Å². The zero-order valence-corrected chi connectivity index (χ0v) is 13.4. The van der Waals surface area contributed by atoms with Gasteiger partial charge in [-0.1, -0.05) is 26.2 Å². The van der Waals surface area contributed by atoms with Gasteiger partial charge >= 0.3 is 0 Å². The van der Waals surface area contributed by atoms with E-state index in [1.54, 1.807) is 16.0 Å². The molecule has 0 aliphatic heterocycles. The fraction of sp³-hybridized carbons (Fsp3) is 0.500. The van der Waals surface area contributed by atoms with E-state index in [-0.39, 0.29) is 0 Å². The van der Waals surface area contributed by atoms with Crippen LogP contribution in [0.15, 0.2) is 20.3 Å². The molecule has 0 aliphatic rings. The Balaban J connectivity index is 2.05. The first-order valence-electron chi connectivity index (χ1n) is 6.04. The first-order valence-corrected chi connectivity index (χ1v) is 8.06. The molecule has 0 N–H and O–H groups in total. The van der Waals surface area contributed by atoms with Crippen LogP contribution in [0, 0.1) is 4.84 Å². The smallest absolute Gasteiger partial charge is 0.287 e. The van der Waals surface area contributed by atoms with Crippen LogP contribution < -0.4 is 0 Å². The number of halogens is 1. The highest BCUT2D eigenvalue weighted by Gasteiger charge is 2.10. The van der Waals surface area contributed by atoms with Crippen LogP contribution in [0.5, 0.6) is 0 Å². The molecule has 2 aromatic rings. The van der Waals surface area contributed by atoms with E-state index in [2.05, 4.69) is 28.0 Å². The Morgan fingerprint density at radius 2 is 2.22 bits per heavy atom. The predicted octanol–water partition coefficient (Wildman–Crippen LogP) is 5.28. The van der Waals surface area contributed by atoms with Crippen molar-refractivity contribution < 1.29 is 4.42 Å². The molecule has 98 valence electrons. The maximum Gasteiger partial charge on any atom is 0.287 e. The van der Waals surface area contributed by atoms with Gasteiger partial charge in [-0.3, -0.25) is 0 Å². The Bertz CT molecular complexity index is 558. The van der Waals surface area contributed by atoms with Gasteiger partial charge in [-0.05, 0) is 46.7 Å². The number of unbranched alkanes of at least 4 members (excludes halogenated alkanes) is 3. The quantitative estimate of drug-likeness (QED) is 0.526. The number of rotatable bonds is 6. The molecule has 0 amide bonds. The van der Waals surface area contributed by atoms with E-state index in [0.29, 0.717) is 10.7 Å². The average Bonchev–Trinajstić information content (AvgIpc) is 2.92. The summed E-state index contributed by atoms with van der Waals surface area (Å²) in [7, 11) is 0. The van der Waals surface area contributed by atoms with Gasteiger partial charge in [0.2, 0.25) is 0 Å². The number of thiophene rings is 1. The third-order valence-electron chi connectivity index (χ3n) is 2.61. The highest BCUT2D eigenvalue weighted by atomic mass is 79.9. The molecule has 2 aromatic heterocycles. The van der Waals surface area contributed by atoms with Gasteiger partial charge < -0.3 is 4.42 Å². The van der Waals surface area contributed by atoms with Gasteiger partial charge in [0.15, 0.2) is 0 Å². The fourth-order valence-corrected chi connectivity index (χ4v) is 3.18. The molecular formula is C12H15BrN2OS2. The molecule has 18 heavy (non-hydrogen) atoms. The molecule has 0 spiro atoms. The van der Waals surface area contributed by atoms with Crippen LogP contribution >= 0.6 is 39.5 Å². The van der Waals surface area contributed by atoms with E-state index in [0.717, 1.165) is 21.6 Å². The molecular weight excluding hydrogens is 332 g/mol. The third kappa shape index (κ3) is 3.52. The second-order valence-electron chi connectivity index (χ2n) is 4.06. The number of hydrogen-bond donors (Lipinski definition) is 0. The lowest BCUT2D eigenvalue weighted by Crippen LogP contribution is -2.00. The molecule has 3 nitrogen and oxygen atoms in total. The average molecular weight is 347 g/mol. The van der Waals surface area contributed by atoms with Crippen LogP contribution in [0.4, 0.5) is 0 Å². The molecule has 2 heterocycles. The van der Waals surface area contributed by atoms with E-state index >= 15 is 0 Å².